The molecule has 2 bridgehead atoms. The van der Waals surface area contributed by atoms with Crippen molar-refractivity contribution in [3.63, 3.8) is 0 Å². The van der Waals surface area contributed by atoms with Gasteiger partial charge in [-0.15, -0.1) is 0 Å². The molecule has 1 saturated carbocycles. The number of carbonyl (C=O) groups is 1. The van der Waals surface area contributed by atoms with Gasteiger partial charge in [-0.2, -0.15) is 0 Å². The summed E-state index contributed by atoms with van der Waals surface area (Å²) in [4.78, 5) is 11.8. The maximum atomic E-state index is 11.8. The molecule has 6 aliphatic rings. The molecule has 1 spiro atoms. The maximum Gasteiger partial charge on any atom is 0.338 e. The zero-order chi connectivity index (χ0) is 26.0. The second-order valence-electron chi connectivity index (χ2n) is 13.1. The van der Waals surface area contributed by atoms with Crippen molar-refractivity contribution in [3.8, 4) is 0 Å². The molecule has 0 amide bonds. The van der Waals surface area contributed by atoms with Gasteiger partial charge in [-0.1, -0.05) is 38.2 Å². The molecule has 0 aromatic carbocycles. The van der Waals surface area contributed by atoms with Crippen molar-refractivity contribution in [2.24, 2.45) is 23.2 Å². The van der Waals surface area contributed by atoms with Gasteiger partial charge in [0.05, 0.1) is 12.2 Å². The number of hydrogen-bond acceptors (Lipinski definition) is 6. The third kappa shape index (κ3) is 4.13. The third-order valence-corrected chi connectivity index (χ3v) is 10.2. The minimum atomic E-state index is -1.31. The number of fused-ring (bicyclic) bond motifs is 2. The lowest BCUT2D eigenvalue weighted by Gasteiger charge is -2.66. The number of allylic oxidation sites excluding steroid dienone is 2. The summed E-state index contributed by atoms with van der Waals surface area (Å²) in [7, 11) is 0. The highest BCUT2D eigenvalue weighted by Crippen LogP contribution is 2.59. The van der Waals surface area contributed by atoms with E-state index in [4.69, 9.17) is 18.9 Å². The lowest BCUT2D eigenvalue weighted by molar-refractivity contribution is -0.522. The van der Waals surface area contributed by atoms with Gasteiger partial charge in [-0.3, -0.25) is 0 Å². The average molecular weight is 501 g/mol. The van der Waals surface area contributed by atoms with Gasteiger partial charge in [-0.05, 0) is 82.6 Å². The molecule has 6 heteroatoms. The average Bonchev–Trinajstić information content (AvgIpc) is 3.20. The number of rotatable bonds is 5. The van der Waals surface area contributed by atoms with Gasteiger partial charge in [-0.25, -0.2) is 4.79 Å². The van der Waals surface area contributed by atoms with Gasteiger partial charge in [0, 0.05) is 18.8 Å². The van der Waals surface area contributed by atoms with Crippen molar-refractivity contribution in [1.29, 1.82) is 0 Å². The van der Waals surface area contributed by atoms with Crippen LogP contribution in [0.3, 0.4) is 0 Å². The van der Waals surface area contributed by atoms with Crippen molar-refractivity contribution >= 4 is 5.97 Å². The number of cyclic esters (lactones) is 1. The minimum Gasteiger partial charge on any atom is -0.458 e. The van der Waals surface area contributed by atoms with Gasteiger partial charge in [0.15, 0.2) is 5.79 Å². The van der Waals surface area contributed by atoms with E-state index in [0.29, 0.717) is 37.0 Å². The van der Waals surface area contributed by atoms with Gasteiger partial charge in [0.25, 0.3) is 0 Å². The molecule has 6 nitrogen and oxygen atoms in total. The molecule has 1 aliphatic carbocycles. The van der Waals surface area contributed by atoms with E-state index in [9.17, 15) is 9.90 Å². The second kappa shape index (κ2) is 8.79. The Bertz CT molecular complexity index is 968. The predicted octanol–water partition coefficient (Wildman–Crippen LogP) is 5.60. The van der Waals surface area contributed by atoms with E-state index in [0.717, 1.165) is 44.9 Å². The van der Waals surface area contributed by atoms with Crippen LogP contribution in [0.2, 0.25) is 0 Å². The molecule has 36 heavy (non-hydrogen) atoms. The Morgan fingerprint density at radius 3 is 2.50 bits per heavy atom. The highest BCUT2D eigenvalue weighted by atomic mass is 16.8. The first-order chi connectivity index (χ1) is 16.8. The number of esters is 1. The van der Waals surface area contributed by atoms with E-state index in [1.165, 1.54) is 5.57 Å². The number of aliphatic hydroxyl groups is 1. The quantitative estimate of drug-likeness (QED) is 0.391. The van der Waals surface area contributed by atoms with Crippen LogP contribution in [0.25, 0.3) is 0 Å². The van der Waals surface area contributed by atoms with Crippen LogP contribution in [0.5, 0.6) is 0 Å². The van der Waals surface area contributed by atoms with Crippen molar-refractivity contribution in [3.05, 3.63) is 36.0 Å². The van der Waals surface area contributed by atoms with Crippen LogP contribution < -0.4 is 0 Å². The fourth-order valence-electron chi connectivity index (χ4n) is 7.47. The number of hydrogen-bond donors (Lipinski definition) is 1. The van der Waals surface area contributed by atoms with Crippen molar-refractivity contribution in [2.75, 3.05) is 13.2 Å². The molecular formula is C30H44O6. The molecule has 4 saturated heterocycles. The van der Waals surface area contributed by atoms with Crippen LogP contribution in [-0.4, -0.2) is 47.1 Å². The smallest absolute Gasteiger partial charge is 0.338 e. The van der Waals surface area contributed by atoms with Crippen LogP contribution in [0, 0.1) is 23.2 Å². The first-order valence-corrected chi connectivity index (χ1v) is 13.8. The lowest BCUT2D eigenvalue weighted by Crippen LogP contribution is -2.78. The summed E-state index contributed by atoms with van der Waals surface area (Å²) in [6.07, 6.45) is 13.4. The maximum absolute atomic E-state index is 11.8. The lowest BCUT2D eigenvalue weighted by atomic mass is 9.59. The van der Waals surface area contributed by atoms with E-state index >= 15 is 0 Å². The normalized spacial score (nSPS) is 43.7. The van der Waals surface area contributed by atoms with Crippen LogP contribution in [0.4, 0.5) is 0 Å². The second-order valence-corrected chi connectivity index (χ2v) is 13.1. The Balaban J connectivity index is 1.19. The van der Waals surface area contributed by atoms with E-state index in [-0.39, 0.29) is 17.3 Å². The SMILES string of the molecule is C=C1CCC(CCC2CCC3(OC2)OC2(O)CCC3(C)OC2(C)C)C(C)(C)C1C=CC1=CCOC1=O. The Morgan fingerprint density at radius 1 is 1.08 bits per heavy atom. The Kier molecular flexibility index (Phi) is 6.39. The molecule has 5 fully saturated rings. The van der Waals surface area contributed by atoms with E-state index in [1.807, 2.05) is 26.0 Å². The van der Waals surface area contributed by atoms with Gasteiger partial charge in [0.2, 0.25) is 5.79 Å². The molecule has 0 aromatic heterocycles. The molecule has 6 atom stereocenters. The van der Waals surface area contributed by atoms with Crippen molar-refractivity contribution < 1.29 is 28.8 Å². The number of carbonyl (C=O) groups excluding carboxylic acids is 1. The van der Waals surface area contributed by atoms with Crippen LogP contribution in [0.1, 0.15) is 86.0 Å². The van der Waals surface area contributed by atoms with E-state index in [2.05, 4.69) is 33.4 Å². The standard InChI is InChI=1S/C30H44O6/c1-20-7-10-23(26(2,3)24(20)12-9-22-14-18-33-25(22)31)11-8-21-13-15-30(34-19-21)28(6)16-17-29(32,36-30)27(4,5)35-28/h9,12,14,21,23-24,32H,1,7-8,10-11,13,15-19H2,2-6H3. The molecular weight excluding hydrogens is 456 g/mol. The van der Waals surface area contributed by atoms with Gasteiger partial charge < -0.3 is 24.1 Å². The minimum absolute atomic E-state index is 0.0629. The summed E-state index contributed by atoms with van der Waals surface area (Å²) in [6.45, 7) is 16.0. The first kappa shape index (κ1) is 26.1. The summed E-state index contributed by atoms with van der Waals surface area (Å²) < 4.78 is 24.3. The molecule has 0 aromatic rings. The molecule has 6 rings (SSSR count). The summed E-state index contributed by atoms with van der Waals surface area (Å²) in [5, 5.41) is 11.2. The van der Waals surface area contributed by atoms with Crippen molar-refractivity contribution in [1.82, 2.24) is 0 Å². The highest BCUT2D eigenvalue weighted by molar-refractivity contribution is 5.93. The van der Waals surface area contributed by atoms with Crippen LogP contribution in [-0.2, 0) is 23.7 Å². The molecule has 1 N–H and O–H groups in total. The Morgan fingerprint density at radius 2 is 1.86 bits per heavy atom. The van der Waals surface area contributed by atoms with Gasteiger partial charge in [0.1, 0.15) is 17.8 Å². The van der Waals surface area contributed by atoms with Gasteiger partial charge >= 0.3 is 5.97 Å². The molecule has 6 unspecified atom stereocenters. The van der Waals surface area contributed by atoms with Crippen LogP contribution >= 0.6 is 0 Å². The fourth-order valence-corrected chi connectivity index (χ4v) is 7.47. The number of ether oxygens (including phenoxy) is 4. The fraction of sp³-hybridized carbons (Fsp3) is 0.767. The summed E-state index contributed by atoms with van der Waals surface area (Å²) in [5.74, 6) is -1.12. The van der Waals surface area contributed by atoms with E-state index in [1.54, 1.807) is 0 Å². The first-order valence-electron chi connectivity index (χ1n) is 13.8. The zero-order valence-electron chi connectivity index (χ0n) is 22.7. The highest BCUT2D eigenvalue weighted by Gasteiger charge is 2.71. The summed E-state index contributed by atoms with van der Waals surface area (Å²) >= 11 is 0. The van der Waals surface area contributed by atoms with E-state index < -0.39 is 22.8 Å². The largest absolute Gasteiger partial charge is 0.458 e. The monoisotopic (exact) mass is 500 g/mol. The summed E-state index contributed by atoms with van der Waals surface area (Å²) in [6, 6.07) is 0. The van der Waals surface area contributed by atoms with Crippen LogP contribution in [0.15, 0.2) is 36.0 Å². The Labute approximate surface area is 216 Å². The third-order valence-electron chi connectivity index (χ3n) is 10.2. The zero-order valence-corrected chi connectivity index (χ0v) is 22.7. The molecule has 5 aliphatic heterocycles. The Hall–Kier alpha value is -1.47. The molecule has 0 radical (unpaired) electrons. The molecule has 5 heterocycles. The topological polar surface area (TPSA) is 74.2 Å². The predicted molar refractivity (Wildman–Crippen MR) is 137 cm³/mol. The summed E-state index contributed by atoms with van der Waals surface area (Å²) in [5.41, 5.74) is 0.674. The van der Waals surface area contributed by atoms with Crippen molar-refractivity contribution in [2.45, 2.75) is 109 Å². The molecule has 200 valence electrons.